The Balaban J connectivity index is 2.94. The number of benzene rings is 1. The largest absolute Gasteiger partial charge is 0.480 e. The van der Waals surface area contributed by atoms with E-state index >= 15 is 0 Å². The highest BCUT2D eigenvalue weighted by Gasteiger charge is 2.17. The Morgan fingerprint density at radius 2 is 2.06 bits per heavy atom. The minimum atomic E-state index is -1.08. The van der Waals surface area contributed by atoms with Crippen LogP contribution in [0, 0.1) is 0 Å². The van der Waals surface area contributed by atoms with E-state index in [9.17, 15) is 14.4 Å². The third-order valence-corrected chi connectivity index (χ3v) is 2.15. The highest BCUT2D eigenvalue weighted by molar-refractivity contribution is 6.27. The molecule has 6 nitrogen and oxygen atoms in total. The van der Waals surface area contributed by atoms with E-state index in [0.29, 0.717) is 11.3 Å². The van der Waals surface area contributed by atoms with Crippen LogP contribution in [0.1, 0.15) is 11.6 Å². The molecule has 1 atom stereocenters. The number of aliphatic carboxylic acids is 1. The lowest BCUT2D eigenvalue weighted by Crippen LogP contribution is -2.24. The van der Waals surface area contributed by atoms with Gasteiger partial charge in [0.05, 0.1) is 6.04 Å². The zero-order chi connectivity index (χ0) is 12.8. The fourth-order valence-electron chi connectivity index (χ4n) is 1.33. The van der Waals surface area contributed by atoms with Crippen molar-refractivity contribution in [2.45, 2.75) is 6.04 Å². The maximum Gasteiger partial charge on any atom is 0.322 e. The number of carboxylic acids is 1. The number of ketones is 1. The van der Waals surface area contributed by atoms with Crippen LogP contribution >= 0.6 is 0 Å². The van der Waals surface area contributed by atoms with Gasteiger partial charge in [-0.2, -0.15) is 0 Å². The number of nitrogens with one attached hydrogen (secondary N) is 1. The number of para-hydroxylation sites is 1. The van der Waals surface area contributed by atoms with Crippen LogP contribution in [-0.4, -0.2) is 29.7 Å². The van der Waals surface area contributed by atoms with Gasteiger partial charge in [0.25, 0.3) is 0 Å². The summed E-state index contributed by atoms with van der Waals surface area (Å²) >= 11 is 0. The van der Waals surface area contributed by atoms with Gasteiger partial charge in [0.2, 0.25) is 5.78 Å². The fourth-order valence-corrected chi connectivity index (χ4v) is 1.33. The van der Waals surface area contributed by atoms with Gasteiger partial charge in [0.1, 0.15) is 6.54 Å². The molecule has 0 radical (unpaired) electrons. The van der Waals surface area contributed by atoms with Crippen LogP contribution < -0.4 is 11.1 Å². The van der Waals surface area contributed by atoms with Gasteiger partial charge in [-0.25, -0.2) is 0 Å². The number of hydrogen-bond donors (Lipinski definition) is 3. The number of carbonyl (C=O) groups excluding carboxylic acids is 2. The summed E-state index contributed by atoms with van der Waals surface area (Å²) in [6.07, 6.45) is 0.151. The summed E-state index contributed by atoms with van der Waals surface area (Å²) in [6.45, 7) is -0.293. The van der Waals surface area contributed by atoms with Gasteiger partial charge >= 0.3 is 5.97 Å². The number of aldehydes is 1. The van der Waals surface area contributed by atoms with Gasteiger partial charge in [-0.05, 0) is 11.6 Å². The molecule has 0 amide bonds. The number of nitrogens with two attached hydrogens (primary N) is 1. The van der Waals surface area contributed by atoms with Crippen LogP contribution in [0.4, 0.5) is 5.69 Å². The SMILES string of the molecule is NC(C(=O)C=O)c1ccccc1NCC(=O)O. The molecule has 6 heteroatoms. The van der Waals surface area contributed by atoms with Crippen LogP contribution in [-0.2, 0) is 14.4 Å². The smallest absolute Gasteiger partial charge is 0.322 e. The van der Waals surface area contributed by atoms with E-state index < -0.39 is 17.8 Å². The van der Waals surface area contributed by atoms with Gasteiger partial charge < -0.3 is 16.2 Å². The normalized spacial score (nSPS) is 11.6. The Morgan fingerprint density at radius 3 is 2.65 bits per heavy atom. The van der Waals surface area contributed by atoms with Crippen molar-refractivity contribution >= 4 is 23.7 Å². The van der Waals surface area contributed by atoms with E-state index in [0.717, 1.165) is 0 Å². The second-order valence-corrected chi connectivity index (χ2v) is 3.33. The molecule has 0 bridgehead atoms. The lowest BCUT2D eigenvalue weighted by Gasteiger charge is -2.13. The van der Waals surface area contributed by atoms with Crippen molar-refractivity contribution in [3.8, 4) is 0 Å². The van der Waals surface area contributed by atoms with Crippen LogP contribution in [0.2, 0.25) is 0 Å². The van der Waals surface area contributed by atoms with E-state index in [4.69, 9.17) is 10.8 Å². The first kappa shape index (κ1) is 12.9. The monoisotopic (exact) mass is 236 g/mol. The number of carboxylic acid groups (broad SMARTS) is 1. The first-order chi connectivity index (χ1) is 8.06. The molecule has 0 spiro atoms. The van der Waals surface area contributed by atoms with Crippen molar-refractivity contribution in [3.63, 3.8) is 0 Å². The molecule has 0 heterocycles. The average molecular weight is 236 g/mol. The maximum atomic E-state index is 11.2. The summed E-state index contributed by atoms with van der Waals surface area (Å²) in [4.78, 5) is 31.9. The van der Waals surface area contributed by atoms with Crippen molar-refractivity contribution in [2.24, 2.45) is 5.73 Å². The molecule has 90 valence electrons. The van der Waals surface area contributed by atoms with E-state index in [1.165, 1.54) is 0 Å². The molecule has 0 aliphatic heterocycles. The van der Waals surface area contributed by atoms with Crippen LogP contribution in [0.5, 0.6) is 0 Å². The lowest BCUT2D eigenvalue weighted by atomic mass is 10.0. The molecule has 0 aromatic heterocycles. The molecule has 1 aromatic rings. The molecule has 0 saturated carbocycles. The van der Waals surface area contributed by atoms with E-state index in [-0.39, 0.29) is 12.8 Å². The number of hydrogen-bond acceptors (Lipinski definition) is 5. The Labute approximate surface area is 97.4 Å². The molecule has 0 fully saturated rings. The molecule has 1 unspecified atom stereocenters. The number of anilines is 1. The molecule has 4 N–H and O–H groups in total. The Kier molecular flexibility index (Phi) is 4.36. The third-order valence-electron chi connectivity index (χ3n) is 2.15. The van der Waals surface area contributed by atoms with Crippen molar-refractivity contribution in [1.29, 1.82) is 0 Å². The summed E-state index contributed by atoms with van der Waals surface area (Å²) in [5.41, 5.74) is 6.41. The first-order valence-electron chi connectivity index (χ1n) is 4.85. The second kappa shape index (κ2) is 5.76. The quantitative estimate of drug-likeness (QED) is 0.472. The van der Waals surface area contributed by atoms with Gasteiger partial charge in [-0.15, -0.1) is 0 Å². The molecule has 1 rings (SSSR count). The molecular formula is C11H12N2O4. The molecule has 0 aliphatic rings. The summed E-state index contributed by atoms with van der Waals surface area (Å²) in [5, 5.41) is 11.2. The van der Waals surface area contributed by atoms with Crippen molar-refractivity contribution in [2.75, 3.05) is 11.9 Å². The number of rotatable bonds is 6. The van der Waals surface area contributed by atoms with Gasteiger partial charge in [-0.1, -0.05) is 18.2 Å². The zero-order valence-electron chi connectivity index (χ0n) is 8.92. The average Bonchev–Trinajstić information content (AvgIpc) is 2.34. The van der Waals surface area contributed by atoms with Crippen LogP contribution in [0.15, 0.2) is 24.3 Å². The predicted molar refractivity (Wildman–Crippen MR) is 60.6 cm³/mol. The molecule has 0 aliphatic carbocycles. The Hall–Kier alpha value is -2.21. The van der Waals surface area contributed by atoms with E-state index in [2.05, 4.69) is 5.32 Å². The standard InChI is InChI=1S/C11H12N2O4/c12-11(9(15)6-14)7-3-1-2-4-8(7)13-5-10(16)17/h1-4,6,11,13H,5,12H2,(H,16,17). The first-order valence-corrected chi connectivity index (χ1v) is 4.85. The number of carbonyl (C=O) groups is 3. The summed E-state index contributed by atoms with van der Waals surface area (Å²) in [6, 6.07) is 5.40. The van der Waals surface area contributed by atoms with Crippen LogP contribution in [0.3, 0.4) is 0 Å². The zero-order valence-corrected chi connectivity index (χ0v) is 8.92. The summed E-state index contributed by atoms with van der Waals surface area (Å²) < 4.78 is 0. The highest BCUT2D eigenvalue weighted by Crippen LogP contribution is 2.21. The Morgan fingerprint density at radius 1 is 1.41 bits per heavy atom. The van der Waals surface area contributed by atoms with Crippen molar-refractivity contribution in [1.82, 2.24) is 0 Å². The molecule has 0 saturated heterocycles. The van der Waals surface area contributed by atoms with Gasteiger partial charge in [0.15, 0.2) is 6.29 Å². The van der Waals surface area contributed by atoms with Crippen LogP contribution in [0.25, 0.3) is 0 Å². The predicted octanol–water partition coefficient (Wildman–Crippen LogP) is -0.0491. The van der Waals surface area contributed by atoms with Crippen molar-refractivity contribution < 1.29 is 19.5 Å². The topological polar surface area (TPSA) is 109 Å². The lowest BCUT2D eigenvalue weighted by molar-refractivity contribution is -0.134. The van der Waals surface area contributed by atoms with Gasteiger partial charge in [-0.3, -0.25) is 14.4 Å². The van der Waals surface area contributed by atoms with E-state index in [1.54, 1.807) is 24.3 Å². The summed E-state index contributed by atoms with van der Waals surface area (Å²) in [5.74, 6) is -1.79. The van der Waals surface area contributed by atoms with E-state index in [1.807, 2.05) is 0 Å². The summed E-state index contributed by atoms with van der Waals surface area (Å²) in [7, 11) is 0. The van der Waals surface area contributed by atoms with Gasteiger partial charge in [0, 0.05) is 5.69 Å². The Bertz CT molecular complexity index is 445. The number of Topliss-reactive ketones (excluding diaryl/α,β-unsaturated/α-hetero) is 1. The van der Waals surface area contributed by atoms with Crippen molar-refractivity contribution in [3.05, 3.63) is 29.8 Å². The molecular weight excluding hydrogens is 224 g/mol. The highest BCUT2D eigenvalue weighted by atomic mass is 16.4. The minimum Gasteiger partial charge on any atom is -0.480 e. The molecule has 1 aromatic carbocycles. The fraction of sp³-hybridized carbons (Fsp3) is 0.182. The second-order valence-electron chi connectivity index (χ2n) is 3.33. The maximum absolute atomic E-state index is 11.2. The molecule has 17 heavy (non-hydrogen) atoms. The third kappa shape index (κ3) is 3.39. The minimum absolute atomic E-state index is 0.151.